The number of piperazine rings is 1. The molecule has 2 aromatic heterocycles. The van der Waals surface area contributed by atoms with Gasteiger partial charge in [-0.05, 0) is 30.5 Å². The van der Waals surface area contributed by atoms with Crippen molar-refractivity contribution in [2.45, 2.75) is 13.5 Å². The molecular weight excluding hydrogens is 479 g/mol. The van der Waals surface area contributed by atoms with Crippen molar-refractivity contribution >= 4 is 52.2 Å². The first-order chi connectivity index (χ1) is 12.6. The van der Waals surface area contributed by atoms with Crippen LogP contribution in [0, 0.1) is 6.92 Å². The Morgan fingerprint density at radius 2 is 2.11 bits per heavy atom. The molecule has 0 unspecified atom stereocenters. The van der Waals surface area contributed by atoms with Crippen LogP contribution in [0.25, 0.3) is 0 Å². The number of nitrogens with zero attached hydrogens (tertiary/aromatic N) is 3. The summed E-state index contributed by atoms with van der Waals surface area (Å²) in [5.74, 6) is 1.70. The number of thiophene rings is 1. The normalized spacial score (nSPS) is 14.7. The van der Waals surface area contributed by atoms with E-state index in [0.717, 1.165) is 32.1 Å². The van der Waals surface area contributed by atoms with Crippen molar-refractivity contribution in [1.82, 2.24) is 10.2 Å². The van der Waals surface area contributed by atoms with Crippen molar-refractivity contribution < 1.29 is 13.9 Å². The molecular formula is C18H25IN4O3S. The smallest absolute Gasteiger partial charge is 0.341 e. The Kier molecular flexibility index (Phi) is 7.96. The number of nitrogens with one attached hydrogen (secondary N) is 1. The van der Waals surface area contributed by atoms with E-state index in [1.165, 1.54) is 12.1 Å². The van der Waals surface area contributed by atoms with E-state index >= 15 is 0 Å². The van der Waals surface area contributed by atoms with E-state index in [0.29, 0.717) is 23.6 Å². The summed E-state index contributed by atoms with van der Waals surface area (Å²) < 4.78 is 10.4. The average molecular weight is 504 g/mol. The van der Waals surface area contributed by atoms with E-state index in [2.05, 4.69) is 37.6 Å². The zero-order valence-electron chi connectivity index (χ0n) is 15.7. The molecule has 1 aliphatic heterocycles. The Bertz CT molecular complexity index is 768. The number of rotatable bonds is 4. The molecule has 0 atom stereocenters. The highest BCUT2D eigenvalue weighted by Gasteiger charge is 2.21. The van der Waals surface area contributed by atoms with Crippen molar-refractivity contribution in [2.75, 3.05) is 45.2 Å². The fourth-order valence-electron chi connectivity index (χ4n) is 3.03. The van der Waals surface area contributed by atoms with E-state index in [9.17, 15) is 4.79 Å². The van der Waals surface area contributed by atoms with Gasteiger partial charge in [-0.15, -0.1) is 35.3 Å². The number of halogens is 1. The molecule has 0 bridgehead atoms. The minimum atomic E-state index is -0.383. The molecule has 9 heteroatoms. The highest BCUT2D eigenvalue weighted by atomic mass is 127. The summed E-state index contributed by atoms with van der Waals surface area (Å²) in [6.45, 7) is 5.97. The van der Waals surface area contributed by atoms with Crippen molar-refractivity contribution in [3.8, 4) is 0 Å². The zero-order chi connectivity index (χ0) is 18.5. The van der Waals surface area contributed by atoms with Gasteiger partial charge in [0.1, 0.15) is 17.1 Å². The summed E-state index contributed by atoms with van der Waals surface area (Å²) in [5.41, 5.74) is 0.462. The summed E-state index contributed by atoms with van der Waals surface area (Å²) in [5, 5.41) is 6.74. The lowest BCUT2D eigenvalue weighted by molar-refractivity contribution is 0.0599. The van der Waals surface area contributed by atoms with Gasteiger partial charge in [-0.3, -0.25) is 4.99 Å². The topological polar surface area (TPSA) is 70.3 Å². The SMILES string of the molecule is CN=C(NCc1cc(C(=O)OC)c(C)o1)N1CCN(c2cccs2)CC1.I. The highest BCUT2D eigenvalue weighted by molar-refractivity contribution is 14.0. The van der Waals surface area contributed by atoms with E-state index in [4.69, 9.17) is 9.15 Å². The second-order valence-corrected chi connectivity index (χ2v) is 6.93. The van der Waals surface area contributed by atoms with Crippen molar-refractivity contribution in [1.29, 1.82) is 0 Å². The van der Waals surface area contributed by atoms with Gasteiger partial charge in [-0.2, -0.15) is 0 Å². The van der Waals surface area contributed by atoms with E-state index in [1.54, 1.807) is 31.4 Å². The summed E-state index contributed by atoms with van der Waals surface area (Å²) in [4.78, 5) is 20.7. The number of hydrogen-bond acceptors (Lipinski definition) is 6. The Morgan fingerprint density at radius 1 is 1.37 bits per heavy atom. The molecule has 0 spiro atoms. The summed E-state index contributed by atoms with van der Waals surface area (Å²) in [7, 11) is 3.14. The van der Waals surface area contributed by atoms with Crippen LogP contribution in [0.2, 0.25) is 0 Å². The number of esters is 1. The van der Waals surface area contributed by atoms with Crippen LogP contribution in [-0.4, -0.2) is 57.2 Å². The maximum atomic E-state index is 11.7. The Labute approximate surface area is 180 Å². The molecule has 1 aliphatic rings. The van der Waals surface area contributed by atoms with Crippen molar-refractivity contribution in [2.24, 2.45) is 4.99 Å². The third kappa shape index (κ3) is 5.16. The highest BCUT2D eigenvalue weighted by Crippen LogP contribution is 2.22. The number of hydrogen-bond donors (Lipinski definition) is 1. The number of aliphatic imine (C=N–C) groups is 1. The largest absolute Gasteiger partial charge is 0.465 e. The first-order valence-corrected chi connectivity index (χ1v) is 9.42. The summed E-state index contributed by atoms with van der Waals surface area (Å²) in [6, 6.07) is 5.96. The number of guanidine groups is 1. The first kappa shape index (κ1) is 21.5. The first-order valence-electron chi connectivity index (χ1n) is 8.54. The number of aryl methyl sites for hydroxylation is 1. The second kappa shape index (κ2) is 9.98. The third-order valence-corrected chi connectivity index (χ3v) is 5.33. The van der Waals surface area contributed by atoms with Gasteiger partial charge < -0.3 is 24.3 Å². The van der Waals surface area contributed by atoms with Crippen molar-refractivity contribution in [3.63, 3.8) is 0 Å². The molecule has 7 nitrogen and oxygen atoms in total. The van der Waals surface area contributed by atoms with Gasteiger partial charge in [-0.25, -0.2) is 4.79 Å². The fraction of sp³-hybridized carbons (Fsp3) is 0.444. The van der Waals surface area contributed by atoms with Gasteiger partial charge in [0.25, 0.3) is 0 Å². The quantitative estimate of drug-likeness (QED) is 0.299. The number of furan rings is 1. The second-order valence-electron chi connectivity index (χ2n) is 6.00. The lowest BCUT2D eigenvalue weighted by Gasteiger charge is -2.36. The van der Waals surface area contributed by atoms with E-state index in [1.807, 2.05) is 0 Å². The Hall–Kier alpha value is -1.75. The van der Waals surface area contributed by atoms with Crippen LogP contribution in [-0.2, 0) is 11.3 Å². The van der Waals surface area contributed by atoms with Crippen LogP contribution in [0.3, 0.4) is 0 Å². The van der Waals surface area contributed by atoms with E-state index in [-0.39, 0.29) is 29.9 Å². The third-order valence-electron chi connectivity index (χ3n) is 4.40. The molecule has 27 heavy (non-hydrogen) atoms. The summed E-state index contributed by atoms with van der Waals surface area (Å²) in [6.07, 6.45) is 0. The molecule has 0 radical (unpaired) electrons. The maximum Gasteiger partial charge on any atom is 0.341 e. The predicted molar refractivity (Wildman–Crippen MR) is 119 cm³/mol. The van der Waals surface area contributed by atoms with Crippen LogP contribution >= 0.6 is 35.3 Å². The molecule has 3 rings (SSSR count). The lowest BCUT2D eigenvalue weighted by atomic mass is 10.2. The minimum absolute atomic E-state index is 0. The molecule has 3 heterocycles. The van der Waals surface area contributed by atoms with Gasteiger partial charge in [-0.1, -0.05) is 0 Å². The zero-order valence-corrected chi connectivity index (χ0v) is 18.9. The summed E-state index contributed by atoms with van der Waals surface area (Å²) >= 11 is 1.77. The molecule has 0 amide bonds. The Balaban J connectivity index is 0.00000261. The fourth-order valence-corrected chi connectivity index (χ4v) is 3.82. The number of methoxy groups -OCH3 is 1. The molecule has 0 aromatic carbocycles. The molecule has 0 saturated carbocycles. The number of ether oxygens (including phenoxy) is 1. The van der Waals surface area contributed by atoms with Gasteiger partial charge in [0.15, 0.2) is 5.96 Å². The van der Waals surface area contributed by atoms with Crippen LogP contribution in [0.1, 0.15) is 21.9 Å². The van der Waals surface area contributed by atoms with Crippen LogP contribution in [0.4, 0.5) is 5.00 Å². The molecule has 1 saturated heterocycles. The van der Waals surface area contributed by atoms with Gasteiger partial charge in [0.2, 0.25) is 0 Å². The Morgan fingerprint density at radius 3 is 2.70 bits per heavy atom. The number of carbonyl (C=O) groups is 1. The van der Waals surface area contributed by atoms with E-state index < -0.39 is 0 Å². The molecule has 0 aliphatic carbocycles. The van der Waals surface area contributed by atoms with Gasteiger partial charge in [0.05, 0.1) is 18.7 Å². The molecule has 2 aromatic rings. The predicted octanol–water partition coefficient (Wildman–Crippen LogP) is 2.95. The standard InChI is InChI=1S/C18H24N4O3S.HI/c1-13-15(17(23)24-3)11-14(25-13)12-20-18(19-2)22-8-6-21(7-9-22)16-5-4-10-26-16;/h4-5,10-11H,6-9,12H2,1-3H3,(H,19,20);1H. The van der Waals surface area contributed by atoms with Crippen molar-refractivity contribution in [3.05, 3.63) is 40.7 Å². The van der Waals surface area contributed by atoms with Gasteiger partial charge >= 0.3 is 5.97 Å². The van der Waals surface area contributed by atoms with Crippen LogP contribution in [0.5, 0.6) is 0 Å². The number of carbonyl (C=O) groups excluding carboxylic acids is 1. The number of anilines is 1. The van der Waals surface area contributed by atoms with Gasteiger partial charge in [0, 0.05) is 33.2 Å². The molecule has 1 fully saturated rings. The lowest BCUT2D eigenvalue weighted by Crippen LogP contribution is -2.52. The maximum absolute atomic E-state index is 11.7. The van der Waals surface area contributed by atoms with Crippen LogP contribution in [0.15, 0.2) is 33.0 Å². The molecule has 148 valence electrons. The monoisotopic (exact) mass is 504 g/mol. The van der Waals surface area contributed by atoms with Crippen LogP contribution < -0.4 is 10.2 Å². The minimum Gasteiger partial charge on any atom is -0.465 e. The average Bonchev–Trinajstić information content (AvgIpc) is 3.32. The molecule has 1 N–H and O–H groups in total.